The number of hydrogen-bond donors (Lipinski definition) is 0. The van der Waals surface area contributed by atoms with Crippen LogP contribution in [0, 0.1) is 10.1 Å². The molecule has 3 heterocycles. The lowest BCUT2D eigenvalue weighted by Crippen LogP contribution is -2.33. The van der Waals surface area contributed by atoms with Gasteiger partial charge in [0.15, 0.2) is 0 Å². The Morgan fingerprint density at radius 2 is 1.97 bits per heavy atom. The summed E-state index contributed by atoms with van der Waals surface area (Å²) in [5.74, 6) is 2.45. The Bertz CT molecular complexity index is 958. The highest BCUT2D eigenvalue weighted by atomic mass is 32.1. The smallest absolute Gasteiger partial charge is 0.324 e. The summed E-state index contributed by atoms with van der Waals surface area (Å²) in [6.45, 7) is 3.53. The van der Waals surface area contributed by atoms with Crippen molar-refractivity contribution in [1.82, 2.24) is 14.5 Å². The molecule has 0 amide bonds. The van der Waals surface area contributed by atoms with E-state index in [1.807, 2.05) is 23.7 Å². The maximum Gasteiger partial charge on any atom is 0.324 e. The molecule has 0 aliphatic carbocycles. The van der Waals surface area contributed by atoms with Gasteiger partial charge in [0.05, 0.1) is 12.0 Å². The summed E-state index contributed by atoms with van der Waals surface area (Å²) in [6.07, 6.45) is 6.03. The van der Waals surface area contributed by atoms with Crippen molar-refractivity contribution in [3.8, 4) is 5.75 Å². The molecule has 2 aromatic heterocycles. The number of nitrogens with zero attached hydrogens (tertiary/aromatic N) is 4. The van der Waals surface area contributed by atoms with Gasteiger partial charge in [0.2, 0.25) is 0 Å². The van der Waals surface area contributed by atoms with E-state index in [2.05, 4.69) is 32.8 Å². The number of benzene rings is 1. The monoisotopic (exact) mass is 412 g/mol. The first-order valence-electron chi connectivity index (χ1n) is 9.70. The molecule has 1 aromatic carbocycles. The number of rotatable bonds is 7. The molecule has 1 saturated heterocycles. The number of thiophene rings is 1. The van der Waals surface area contributed by atoms with Gasteiger partial charge >= 0.3 is 5.00 Å². The van der Waals surface area contributed by atoms with E-state index < -0.39 is 0 Å². The molecular formula is C21H24N4O3S. The molecule has 0 radical (unpaired) electrons. The second-order valence-corrected chi connectivity index (χ2v) is 8.25. The fourth-order valence-electron chi connectivity index (χ4n) is 3.89. The molecule has 0 atom stereocenters. The molecule has 29 heavy (non-hydrogen) atoms. The second-order valence-electron chi connectivity index (χ2n) is 7.36. The number of ether oxygens (including phenoxy) is 1. The molecule has 152 valence electrons. The van der Waals surface area contributed by atoms with E-state index in [1.54, 1.807) is 13.2 Å². The maximum atomic E-state index is 10.9. The van der Waals surface area contributed by atoms with Crippen molar-refractivity contribution in [1.29, 1.82) is 0 Å². The average molecular weight is 413 g/mol. The molecule has 0 bridgehead atoms. The maximum absolute atomic E-state index is 10.9. The topological polar surface area (TPSA) is 73.4 Å². The van der Waals surface area contributed by atoms with Crippen LogP contribution in [-0.4, -0.2) is 39.6 Å². The zero-order valence-corrected chi connectivity index (χ0v) is 17.2. The van der Waals surface area contributed by atoms with Crippen LogP contribution in [0.2, 0.25) is 0 Å². The van der Waals surface area contributed by atoms with Crippen LogP contribution in [0.3, 0.4) is 0 Å². The van der Waals surface area contributed by atoms with Crippen LogP contribution in [0.4, 0.5) is 5.00 Å². The number of aromatic nitrogens is 2. The Morgan fingerprint density at radius 3 is 2.62 bits per heavy atom. The SMILES string of the molecule is COc1ccc(Cn2ccnc2C2CCN(Cc3csc([N+](=O)[O-])c3)CC2)cc1. The number of piperidine rings is 1. The van der Waals surface area contributed by atoms with E-state index in [0.29, 0.717) is 5.92 Å². The molecule has 0 unspecified atom stereocenters. The quantitative estimate of drug-likeness (QED) is 0.428. The Kier molecular flexibility index (Phi) is 5.92. The fourth-order valence-corrected chi connectivity index (χ4v) is 4.61. The van der Waals surface area contributed by atoms with Crippen molar-refractivity contribution in [3.63, 3.8) is 0 Å². The molecule has 1 fully saturated rings. The van der Waals surface area contributed by atoms with Crippen molar-refractivity contribution < 1.29 is 9.66 Å². The minimum atomic E-state index is -0.316. The number of methoxy groups -OCH3 is 1. The highest BCUT2D eigenvalue weighted by Crippen LogP contribution is 2.30. The zero-order chi connectivity index (χ0) is 20.2. The second kappa shape index (κ2) is 8.75. The lowest BCUT2D eigenvalue weighted by Gasteiger charge is -2.31. The molecule has 3 aromatic rings. The molecule has 1 aliphatic rings. The van der Waals surface area contributed by atoms with Crippen molar-refractivity contribution in [2.75, 3.05) is 20.2 Å². The van der Waals surface area contributed by atoms with E-state index in [-0.39, 0.29) is 9.92 Å². The third-order valence-corrected chi connectivity index (χ3v) is 6.37. The zero-order valence-electron chi connectivity index (χ0n) is 16.4. The standard InChI is InChI=1S/C21H24N4O3S/c1-28-19-4-2-16(3-5-19)14-24-11-8-22-21(24)18-6-9-23(10-7-18)13-17-12-20(25(26)27)29-15-17/h2-5,8,11-12,15,18H,6-7,9-10,13-14H2,1H3. The molecule has 0 N–H and O–H groups in total. The summed E-state index contributed by atoms with van der Waals surface area (Å²) >= 11 is 1.20. The minimum absolute atomic E-state index is 0.218. The van der Waals surface area contributed by atoms with Crippen LogP contribution < -0.4 is 4.74 Å². The lowest BCUT2D eigenvalue weighted by molar-refractivity contribution is -0.380. The van der Waals surface area contributed by atoms with Crippen molar-refractivity contribution >= 4 is 16.3 Å². The van der Waals surface area contributed by atoms with Gasteiger partial charge in [-0.05, 0) is 49.2 Å². The molecule has 0 saturated carbocycles. The van der Waals surface area contributed by atoms with Gasteiger partial charge < -0.3 is 9.30 Å². The number of imidazole rings is 1. The Labute approximate surface area is 173 Å². The number of nitro groups is 1. The predicted molar refractivity (Wildman–Crippen MR) is 113 cm³/mol. The summed E-state index contributed by atoms with van der Waals surface area (Å²) in [4.78, 5) is 17.6. The largest absolute Gasteiger partial charge is 0.497 e. The van der Waals surface area contributed by atoms with Crippen LogP contribution in [0.5, 0.6) is 5.75 Å². The van der Waals surface area contributed by atoms with Crippen molar-refractivity contribution in [3.05, 3.63) is 75.2 Å². The van der Waals surface area contributed by atoms with Crippen LogP contribution in [0.15, 0.2) is 48.1 Å². The molecule has 1 aliphatic heterocycles. The van der Waals surface area contributed by atoms with Crippen LogP contribution in [0.1, 0.15) is 35.7 Å². The van der Waals surface area contributed by atoms with E-state index in [4.69, 9.17) is 4.74 Å². The third-order valence-electron chi connectivity index (χ3n) is 5.44. The number of hydrogen-bond acceptors (Lipinski definition) is 6. The summed E-state index contributed by atoms with van der Waals surface area (Å²) in [5.41, 5.74) is 2.25. The van der Waals surface area contributed by atoms with Gasteiger partial charge in [-0.1, -0.05) is 23.5 Å². The normalized spacial score (nSPS) is 15.5. The molecular weight excluding hydrogens is 388 g/mol. The van der Waals surface area contributed by atoms with Crippen molar-refractivity contribution in [2.24, 2.45) is 0 Å². The summed E-state index contributed by atoms with van der Waals surface area (Å²) in [5, 5.41) is 13.0. The van der Waals surface area contributed by atoms with Gasteiger partial charge in [-0.25, -0.2) is 4.98 Å². The lowest BCUT2D eigenvalue weighted by atomic mass is 9.95. The van der Waals surface area contributed by atoms with E-state index in [1.165, 1.54) is 16.9 Å². The minimum Gasteiger partial charge on any atom is -0.497 e. The summed E-state index contributed by atoms with van der Waals surface area (Å²) in [7, 11) is 1.68. The van der Waals surface area contributed by atoms with Gasteiger partial charge in [-0.15, -0.1) is 0 Å². The Hall–Kier alpha value is -2.71. The summed E-state index contributed by atoms with van der Waals surface area (Å²) in [6, 6.07) is 9.84. The van der Waals surface area contributed by atoms with E-state index in [0.717, 1.165) is 56.2 Å². The molecule has 7 nitrogen and oxygen atoms in total. The molecule has 4 rings (SSSR count). The van der Waals surface area contributed by atoms with Crippen LogP contribution in [-0.2, 0) is 13.1 Å². The predicted octanol–water partition coefficient (Wildman–Crippen LogP) is 4.29. The highest BCUT2D eigenvalue weighted by Gasteiger charge is 2.24. The van der Waals surface area contributed by atoms with Crippen molar-refractivity contribution in [2.45, 2.75) is 31.8 Å². The molecule has 8 heteroatoms. The fraction of sp³-hybridized carbons (Fsp3) is 0.381. The van der Waals surface area contributed by atoms with E-state index in [9.17, 15) is 10.1 Å². The number of likely N-dealkylation sites (tertiary alicyclic amines) is 1. The third kappa shape index (κ3) is 4.65. The summed E-state index contributed by atoms with van der Waals surface area (Å²) < 4.78 is 7.47. The van der Waals surface area contributed by atoms with Crippen LogP contribution >= 0.6 is 11.3 Å². The van der Waals surface area contributed by atoms with Gasteiger partial charge in [-0.2, -0.15) is 0 Å². The Balaban J connectivity index is 1.35. The Morgan fingerprint density at radius 1 is 1.21 bits per heavy atom. The van der Waals surface area contributed by atoms with Gasteiger partial charge in [0.25, 0.3) is 0 Å². The highest BCUT2D eigenvalue weighted by molar-refractivity contribution is 7.13. The first-order chi connectivity index (χ1) is 14.1. The first-order valence-corrected chi connectivity index (χ1v) is 10.6. The van der Waals surface area contributed by atoms with Gasteiger partial charge in [0, 0.05) is 42.8 Å². The van der Waals surface area contributed by atoms with Gasteiger partial charge in [0.1, 0.15) is 11.6 Å². The van der Waals surface area contributed by atoms with E-state index >= 15 is 0 Å². The van der Waals surface area contributed by atoms with Crippen LogP contribution in [0.25, 0.3) is 0 Å². The molecule has 0 spiro atoms. The average Bonchev–Trinajstić information content (AvgIpc) is 3.39. The first kappa shape index (κ1) is 19.6. The van der Waals surface area contributed by atoms with Gasteiger partial charge in [-0.3, -0.25) is 15.0 Å².